The predicted molar refractivity (Wildman–Crippen MR) is 119 cm³/mol. The highest BCUT2D eigenvalue weighted by atomic mass is 35.5. The predicted octanol–water partition coefficient (Wildman–Crippen LogP) is 6.42. The van der Waals surface area contributed by atoms with Gasteiger partial charge in [-0.3, -0.25) is 4.99 Å². The van der Waals surface area contributed by atoms with Crippen LogP contribution >= 0.6 is 11.6 Å². The third-order valence-electron chi connectivity index (χ3n) is 6.08. The third-order valence-corrected chi connectivity index (χ3v) is 6.92. The molecular formula is C26H22ClNO. The number of alkyl halides is 1. The molecule has 3 heteroatoms. The molecule has 0 bridgehead atoms. The number of hydrogen-bond acceptors (Lipinski definition) is 2. The summed E-state index contributed by atoms with van der Waals surface area (Å²) in [6.45, 7) is 4.25. The Morgan fingerprint density at radius 2 is 1.24 bits per heavy atom. The van der Waals surface area contributed by atoms with E-state index in [4.69, 9.17) is 21.3 Å². The van der Waals surface area contributed by atoms with Crippen molar-refractivity contribution >= 4 is 23.1 Å². The Morgan fingerprint density at radius 3 is 1.83 bits per heavy atom. The zero-order chi connectivity index (χ0) is 20.1. The van der Waals surface area contributed by atoms with Crippen molar-refractivity contribution in [3.8, 4) is 0 Å². The molecule has 2 aliphatic heterocycles. The van der Waals surface area contributed by atoms with Crippen LogP contribution in [0, 0.1) is 5.41 Å². The first-order valence-corrected chi connectivity index (χ1v) is 10.2. The molecule has 144 valence electrons. The fraction of sp³-hybridized carbons (Fsp3) is 0.192. The van der Waals surface area contributed by atoms with E-state index in [0.717, 1.165) is 28.2 Å². The van der Waals surface area contributed by atoms with Gasteiger partial charge in [0.1, 0.15) is 5.76 Å². The summed E-state index contributed by atoms with van der Waals surface area (Å²) >= 11 is 7.45. The highest BCUT2D eigenvalue weighted by Crippen LogP contribution is 2.64. The summed E-state index contributed by atoms with van der Waals surface area (Å²) < 4.78 is 6.60. The van der Waals surface area contributed by atoms with E-state index >= 15 is 0 Å². The first kappa shape index (κ1) is 18.2. The largest absolute Gasteiger partial charge is 0.467 e. The van der Waals surface area contributed by atoms with Gasteiger partial charge in [-0.05, 0) is 31.1 Å². The Morgan fingerprint density at radius 1 is 0.724 bits per heavy atom. The Kier molecular flexibility index (Phi) is 3.97. The van der Waals surface area contributed by atoms with Gasteiger partial charge in [0.2, 0.25) is 5.06 Å². The summed E-state index contributed by atoms with van der Waals surface area (Å²) in [7, 11) is 0. The topological polar surface area (TPSA) is 21.6 Å². The second kappa shape index (κ2) is 6.33. The number of aliphatic imine (C=N–C) groups is 1. The van der Waals surface area contributed by atoms with Crippen molar-refractivity contribution in [1.82, 2.24) is 0 Å². The zero-order valence-electron chi connectivity index (χ0n) is 16.5. The average molecular weight is 400 g/mol. The Balaban J connectivity index is 1.78. The second-order valence-corrected chi connectivity index (χ2v) is 8.69. The summed E-state index contributed by atoms with van der Waals surface area (Å²) in [4.78, 5) is 5.31. The highest BCUT2D eigenvalue weighted by molar-refractivity contribution is 6.30. The first-order chi connectivity index (χ1) is 14.0. The minimum absolute atomic E-state index is 0.529. The molecule has 2 nitrogen and oxygen atoms in total. The van der Waals surface area contributed by atoms with E-state index in [1.165, 1.54) is 0 Å². The minimum atomic E-state index is -1.07. The number of ether oxygens (including phenoxy) is 1. The Bertz CT molecular complexity index is 1110. The maximum Gasteiger partial charge on any atom is 0.225 e. The van der Waals surface area contributed by atoms with Gasteiger partial charge in [0, 0.05) is 5.56 Å². The summed E-state index contributed by atoms with van der Waals surface area (Å²) in [5.74, 6) is 0.772. The molecule has 3 aromatic rings. The van der Waals surface area contributed by atoms with Crippen molar-refractivity contribution in [3.05, 3.63) is 114 Å². The van der Waals surface area contributed by atoms with Crippen molar-refractivity contribution in [2.45, 2.75) is 24.4 Å². The lowest BCUT2D eigenvalue weighted by Gasteiger charge is -2.41. The van der Waals surface area contributed by atoms with Crippen LogP contribution in [-0.4, -0.2) is 10.8 Å². The summed E-state index contributed by atoms with van der Waals surface area (Å²) in [5, 5.41) is -1.07. The van der Waals surface area contributed by atoms with E-state index in [-0.39, 0.29) is 0 Å². The molecule has 3 aromatic carbocycles. The first-order valence-electron chi connectivity index (χ1n) is 9.85. The van der Waals surface area contributed by atoms with Crippen molar-refractivity contribution in [2.24, 2.45) is 10.4 Å². The number of hydrogen-bond donors (Lipinski definition) is 0. The van der Waals surface area contributed by atoms with Gasteiger partial charge in [-0.15, -0.1) is 0 Å². The third kappa shape index (κ3) is 2.45. The molecule has 0 aliphatic carbocycles. The molecule has 0 unspecified atom stereocenters. The molecule has 0 spiro atoms. The van der Waals surface area contributed by atoms with E-state index < -0.39 is 16.0 Å². The number of benzene rings is 3. The van der Waals surface area contributed by atoms with Crippen LogP contribution in [0.25, 0.3) is 5.76 Å². The SMILES string of the molecule is CC1(C)C(c2ccccc2)=N[C@@]2(c3ccccc3)C=C(c3ccccc3)O[C@@]12Cl. The van der Waals surface area contributed by atoms with Gasteiger partial charge in [0.05, 0.1) is 11.1 Å². The maximum atomic E-state index is 7.45. The van der Waals surface area contributed by atoms with Crippen LogP contribution in [0.3, 0.4) is 0 Å². The van der Waals surface area contributed by atoms with Gasteiger partial charge in [-0.2, -0.15) is 0 Å². The molecule has 0 radical (unpaired) electrons. The van der Waals surface area contributed by atoms with Gasteiger partial charge >= 0.3 is 0 Å². The van der Waals surface area contributed by atoms with Crippen LogP contribution in [0.5, 0.6) is 0 Å². The molecule has 0 aromatic heterocycles. The molecule has 0 amide bonds. The van der Waals surface area contributed by atoms with Crippen molar-refractivity contribution in [3.63, 3.8) is 0 Å². The van der Waals surface area contributed by atoms with E-state index in [1.807, 2.05) is 66.7 Å². The fourth-order valence-electron chi connectivity index (χ4n) is 4.51. The molecule has 0 N–H and O–H groups in total. The van der Waals surface area contributed by atoms with Crippen LogP contribution in [0.1, 0.15) is 30.5 Å². The van der Waals surface area contributed by atoms with Crippen LogP contribution in [0.15, 0.2) is 102 Å². The molecule has 0 saturated carbocycles. The van der Waals surface area contributed by atoms with Crippen LogP contribution in [-0.2, 0) is 10.3 Å². The Labute approximate surface area is 176 Å². The molecule has 2 atom stereocenters. The van der Waals surface area contributed by atoms with Crippen molar-refractivity contribution in [1.29, 1.82) is 0 Å². The lowest BCUT2D eigenvalue weighted by molar-refractivity contribution is 0.0329. The number of nitrogens with zero attached hydrogens (tertiary/aromatic N) is 1. The summed E-state index contributed by atoms with van der Waals surface area (Å²) in [6, 6.07) is 30.6. The van der Waals surface area contributed by atoms with E-state index in [9.17, 15) is 0 Å². The quantitative estimate of drug-likeness (QED) is 0.466. The lowest BCUT2D eigenvalue weighted by atomic mass is 9.72. The molecule has 2 heterocycles. The van der Waals surface area contributed by atoms with Gasteiger partial charge in [0.25, 0.3) is 0 Å². The van der Waals surface area contributed by atoms with Crippen molar-refractivity contribution < 1.29 is 4.74 Å². The monoisotopic (exact) mass is 399 g/mol. The lowest BCUT2D eigenvalue weighted by Crippen LogP contribution is -2.50. The average Bonchev–Trinajstić information content (AvgIpc) is 3.16. The van der Waals surface area contributed by atoms with E-state index in [0.29, 0.717) is 0 Å². The van der Waals surface area contributed by atoms with Crippen LogP contribution in [0.2, 0.25) is 0 Å². The normalized spacial score (nSPS) is 27.0. The second-order valence-electron chi connectivity index (χ2n) is 8.16. The summed E-state index contributed by atoms with van der Waals surface area (Å²) in [5.41, 5.74) is 2.72. The number of fused-ring (bicyclic) bond motifs is 1. The van der Waals surface area contributed by atoms with Gasteiger partial charge in [0.15, 0.2) is 5.54 Å². The van der Waals surface area contributed by atoms with Crippen LogP contribution in [0.4, 0.5) is 0 Å². The number of halogens is 1. The summed E-state index contributed by atoms with van der Waals surface area (Å²) in [6.07, 6.45) is 2.10. The van der Waals surface area contributed by atoms with E-state index in [2.05, 4.69) is 44.2 Å². The maximum absolute atomic E-state index is 7.45. The standard InChI is InChI=1S/C26H22ClNO/c1-24(2)23(20-14-8-4-9-15-20)28-25(21-16-10-5-11-17-21)18-22(29-26(24,25)27)19-12-6-3-7-13-19/h3-18H,1-2H3/t25-,26+/m1/s1. The minimum Gasteiger partial charge on any atom is -0.467 e. The molecule has 0 saturated heterocycles. The highest BCUT2D eigenvalue weighted by Gasteiger charge is 2.70. The van der Waals surface area contributed by atoms with E-state index in [1.54, 1.807) is 0 Å². The number of rotatable bonds is 3. The molecular weight excluding hydrogens is 378 g/mol. The molecule has 29 heavy (non-hydrogen) atoms. The molecule has 0 fully saturated rings. The van der Waals surface area contributed by atoms with Gasteiger partial charge in [-0.25, -0.2) is 0 Å². The molecule has 2 aliphatic rings. The Hall–Kier alpha value is -2.84. The van der Waals surface area contributed by atoms with Crippen molar-refractivity contribution in [2.75, 3.05) is 0 Å². The fourth-order valence-corrected chi connectivity index (χ4v) is 4.89. The smallest absolute Gasteiger partial charge is 0.225 e. The molecule has 5 rings (SSSR count). The van der Waals surface area contributed by atoms with Gasteiger partial charge < -0.3 is 4.74 Å². The van der Waals surface area contributed by atoms with Crippen LogP contribution < -0.4 is 0 Å². The van der Waals surface area contributed by atoms with Gasteiger partial charge in [-0.1, -0.05) is 103 Å². The zero-order valence-corrected chi connectivity index (χ0v) is 17.2.